The highest BCUT2D eigenvalue weighted by Gasteiger charge is 2.37. The lowest BCUT2D eigenvalue weighted by atomic mass is 9.95. The van der Waals surface area contributed by atoms with Gasteiger partial charge in [0.25, 0.3) is 5.91 Å². The van der Waals surface area contributed by atoms with Gasteiger partial charge in [-0.3, -0.25) is 14.5 Å². The Morgan fingerprint density at radius 1 is 1.07 bits per heavy atom. The predicted molar refractivity (Wildman–Crippen MR) is 114 cm³/mol. The molecule has 30 heavy (non-hydrogen) atoms. The van der Waals surface area contributed by atoms with Crippen molar-refractivity contribution in [2.24, 2.45) is 0 Å². The molecule has 1 saturated carbocycles. The second kappa shape index (κ2) is 9.26. The number of hydrogen-bond acceptors (Lipinski definition) is 4. The fourth-order valence-corrected chi connectivity index (χ4v) is 4.69. The standard InChI is InChI=1S/C23H23FN2O3S/c24-17-10-4-5-11-18(17)26(23(28)19-12-6-14-29-19)21(20-13-7-15-30-20)22(27)25-16-8-2-1-3-9-16/h4-7,10-16,21H,1-3,8-9H2,(H,25,27). The van der Waals surface area contributed by atoms with E-state index < -0.39 is 17.8 Å². The van der Waals surface area contributed by atoms with E-state index in [1.165, 1.54) is 47.1 Å². The normalized spacial score (nSPS) is 15.5. The predicted octanol–water partition coefficient (Wildman–Crippen LogP) is 5.32. The van der Waals surface area contributed by atoms with Crippen LogP contribution in [0, 0.1) is 5.82 Å². The van der Waals surface area contributed by atoms with Crippen molar-refractivity contribution in [3.05, 3.63) is 76.6 Å². The second-order valence-corrected chi connectivity index (χ2v) is 8.34. The van der Waals surface area contributed by atoms with Gasteiger partial charge in [0.1, 0.15) is 5.82 Å². The minimum atomic E-state index is -0.999. The maximum atomic E-state index is 14.8. The number of carbonyl (C=O) groups is 2. The van der Waals surface area contributed by atoms with E-state index in [0.717, 1.165) is 25.7 Å². The molecule has 5 nitrogen and oxygen atoms in total. The molecule has 0 spiro atoms. The molecular formula is C23H23FN2O3S. The van der Waals surface area contributed by atoms with E-state index >= 15 is 0 Å². The molecule has 2 amide bonds. The zero-order valence-corrected chi connectivity index (χ0v) is 17.2. The van der Waals surface area contributed by atoms with Gasteiger partial charge in [-0.05, 0) is 48.6 Å². The fourth-order valence-electron chi connectivity index (χ4n) is 3.88. The van der Waals surface area contributed by atoms with E-state index in [2.05, 4.69) is 5.32 Å². The van der Waals surface area contributed by atoms with Crippen LogP contribution in [-0.2, 0) is 4.79 Å². The van der Waals surface area contributed by atoms with Gasteiger partial charge in [-0.1, -0.05) is 37.5 Å². The summed E-state index contributed by atoms with van der Waals surface area (Å²) in [6, 6.07) is 11.8. The molecule has 1 atom stereocenters. The summed E-state index contributed by atoms with van der Waals surface area (Å²) in [7, 11) is 0. The zero-order valence-electron chi connectivity index (χ0n) is 16.4. The van der Waals surface area contributed by atoms with E-state index in [4.69, 9.17) is 4.42 Å². The zero-order chi connectivity index (χ0) is 20.9. The van der Waals surface area contributed by atoms with Crippen molar-refractivity contribution in [1.29, 1.82) is 0 Å². The Labute approximate surface area is 178 Å². The molecule has 0 saturated heterocycles. The highest BCUT2D eigenvalue weighted by molar-refractivity contribution is 7.10. The molecule has 156 valence electrons. The number of nitrogens with one attached hydrogen (secondary N) is 1. The molecule has 2 heterocycles. The minimum Gasteiger partial charge on any atom is -0.459 e. The van der Waals surface area contributed by atoms with Crippen LogP contribution >= 0.6 is 11.3 Å². The van der Waals surface area contributed by atoms with Gasteiger partial charge in [0.05, 0.1) is 12.0 Å². The summed E-state index contributed by atoms with van der Waals surface area (Å²) >= 11 is 1.36. The molecule has 0 aliphatic heterocycles. The van der Waals surface area contributed by atoms with Gasteiger partial charge in [0.15, 0.2) is 11.8 Å². The van der Waals surface area contributed by atoms with Gasteiger partial charge in [0.2, 0.25) is 5.91 Å². The Kier molecular flexibility index (Phi) is 6.28. The molecule has 1 aromatic carbocycles. The van der Waals surface area contributed by atoms with Crippen molar-refractivity contribution in [2.45, 2.75) is 44.2 Å². The molecule has 7 heteroatoms. The average molecular weight is 427 g/mol. The van der Waals surface area contributed by atoms with Crippen molar-refractivity contribution < 1.29 is 18.4 Å². The van der Waals surface area contributed by atoms with Crippen LogP contribution in [0.15, 0.2) is 64.6 Å². The molecule has 1 aliphatic rings. The third-order valence-electron chi connectivity index (χ3n) is 5.33. The summed E-state index contributed by atoms with van der Waals surface area (Å²) < 4.78 is 20.1. The Morgan fingerprint density at radius 3 is 2.53 bits per heavy atom. The van der Waals surface area contributed by atoms with E-state index in [0.29, 0.717) is 4.88 Å². The number of halogens is 1. The first-order chi connectivity index (χ1) is 14.6. The first-order valence-corrected chi connectivity index (χ1v) is 11.0. The van der Waals surface area contributed by atoms with E-state index in [-0.39, 0.29) is 23.4 Å². The lowest BCUT2D eigenvalue weighted by Crippen LogP contribution is -2.47. The number of amides is 2. The summed E-state index contributed by atoms with van der Waals surface area (Å²) in [5.41, 5.74) is 0.0381. The van der Waals surface area contributed by atoms with Crippen LogP contribution < -0.4 is 10.2 Å². The van der Waals surface area contributed by atoms with Gasteiger partial charge in [-0.25, -0.2) is 4.39 Å². The van der Waals surface area contributed by atoms with Crippen molar-refractivity contribution in [3.63, 3.8) is 0 Å². The first kappa shape index (κ1) is 20.3. The number of hydrogen-bond donors (Lipinski definition) is 1. The lowest BCUT2D eigenvalue weighted by molar-refractivity contribution is -0.123. The largest absolute Gasteiger partial charge is 0.459 e. The summed E-state index contributed by atoms with van der Waals surface area (Å²) in [6.07, 6.45) is 6.51. The SMILES string of the molecule is O=C(NC1CCCCC1)C(c1cccs1)N(C(=O)c1ccco1)c1ccccc1F. The molecule has 2 aromatic heterocycles. The molecular weight excluding hydrogens is 403 g/mol. The Balaban J connectivity index is 1.76. The molecule has 1 N–H and O–H groups in total. The molecule has 0 bridgehead atoms. The highest BCUT2D eigenvalue weighted by Crippen LogP contribution is 2.34. The molecule has 1 unspecified atom stereocenters. The van der Waals surface area contributed by atoms with Crippen LogP contribution in [-0.4, -0.2) is 17.9 Å². The minimum absolute atomic E-state index is 0.0381. The molecule has 0 radical (unpaired) electrons. The van der Waals surface area contributed by atoms with Crippen molar-refractivity contribution in [1.82, 2.24) is 5.32 Å². The number of thiophene rings is 1. The highest BCUT2D eigenvalue weighted by atomic mass is 32.1. The summed E-state index contributed by atoms with van der Waals surface area (Å²) in [5, 5.41) is 4.94. The van der Waals surface area contributed by atoms with Gasteiger partial charge in [0, 0.05) is 10.9 Å². The number of carbonyl (C=O) groups excluding carboxylic acids is 2. The lowest BCUT2D eigenvalue weighted by Gasteiger charge is -2.32. The number of rotatable bonds is 6. The number of para-hydroxylation sites is 1. The Hall–Kier alpha value is -2.93. The Bertz CT molecular complexity index is 982. The van der Waals surface area contributed by atoms with Gasteiger partial charge < -0.3 is 9.73 Å². The topological polar surface area (TPSA) is 62.6 Å². The van der Waals surface area contributed by atoms with Crippen LogP contribution in [0.25, 0.3) is 0 Å². The van der Waals surface area contributed by atoms with Crippen molar-refractivity contribution in [3.8, 4) is 0 Å². The Morgan fingerprint density at radius 2 is 1.87 bits per heavy atom. The fraction of sp³-hybridized carbons (Fsp3) is 0.304. The molecule has 3 aromatic rings. The van der Waals surface area contributed by atoms with Crippen molar-refractivity contribution in [2.75, 3.05) is 4.90 Å². The van der Waals surface area contributed by atoms with Crippen LogP contribution in [0.3, 0.4) is 0 Å². The van der Waals surface area contributed by atoms with Crippen molar-refractivity contribution >= 4 is 28.8 Å². The van der Waals surface area contributed by atoms with Crippen LogP contribution in [0.1, 0.15) is 53.6 Å². The summed E-state index contributed by atoms with van der Waals surface area (Å²) in [5.74, 6) is -1.41. The second-order valence-electron chi connectivity index (χ2n) is 7.37. The van der Waals surface area contributed by atoms with E-state index in [1.807, 2.05) is 11.4 Å². The maximum Gasteiger partial charge on any atom is 0.295 e. The molecule has 1 aliphatic carbocycles. The first-order valence-electron chi connectivity index (χ1n) is 10.1. The third kappa shape index (κ3) is 4.31. The number of furan rings is 1. The van der Waals surface area contributed by atoms with Crippen LogP contribution in [0.4, 0.5) is 10.1 Å². The number of anilines is 1. The van der Waals surface area contributed by atoms with Gasteiger partial charge in [-0.2, -0.15) is 0 Å². The molecule has 1 fully saturated rings. The summed E-state index contributed by atoms with van der Waals surface area (Å²) in [4.78, 5) is 28.7. The maximum absolute atomic E-state index is 14.8. The average Bonchev–Trinajstić information content (AvgIpc) is 3.47. The number of nitrogens with zero attached hydrogens (tertiary/aromatic N) is 1. The smallest absolute Gasteiger partial charge is 0.295 e. The van der Waals surface area contributed by atoms with Gasteiger partial charge >= 0.3 is 0 Å². The summed E-state index contributed by atoms with van der Waals surface area (Å²) in [6.45, 7) is 0. The van der Waals surface area contributed by atoms with Crippen LogP contribution in [0.5, 0.6) is 0 Å². The monoisotopic (exact) mass is 426 g/mol. The third-order valence-corrected chi connectivity index (χ3v) is 6.26. The molecule has 4 rings (SSSR count). The van der Waals surface area contributed by atoms with Gasteiger partial charge in [-0.15, -0.1) is 11.3 Å². The quantitative estimate of drug-likeness (QED) is 0.580. The van der Waals surface area contributed by atoms with E-state index in [1.54, 1.807) is 24.3 Å². The van der Waals surface area contributed by atoms with Crippen LogP contribution in [0.2, 0.25) is 0 Å². The number of benzene rings is 1. The van der Waals surface area contributed by atoms with E-state index in [9.17, 15) is 14.0 Å².